The van der Waals surface area contributed by atoms with Crippen molar-refractivity contribution in [3.05, 3.63) is 29.1 Å². The zero-order valence-electron chi connectivity index (χ0n) is 17.4. The van der Waals surface area contributed by atoms with Crippen LogP contribution in [-0.4, -0.2) is 48.0 Å². The van der Waals surface area contributed by atoms with Crippen LogP contribution in [0.5, 0.6) is 0 Å². The molecule has 1 aromatic rings. The van der Waals surface area contributed by atoms with Crippen LogP contribution in [0, 0.1) is 19.8 Å². The van der Waals surface area contributed by atoms with E-state index in [2.05, 4.69) is 24.5 Å². The molecule has 3 heterocycles. The van der Waals surface area contributed by atoms with Crippen molar-refractivity contribution in [3.63, 3.8) is 0 Å². The van der Waals surface area contributed by atoms with Crippen LogP contribution >= 0.6 is 0 Å². The highest BCUT2D eigenvalue weighted by Crippen LogP contribution is 2.32. The Morgan fingerprint density at radius 2 is 1.71 bits per heavy atom. The summed E-state index contributed by atoms with van der Waals surface area (Å²) < 4.78 is 13.8. The van der Waals surface area contributed by atoms with Crippen molar-refractivity contribution >= 4 is 12.0 Å². The molecule has 0 radical (unpaired) electrons. The van der Waals surface area contributed by atoms with Crippen molar-refractivity contribution in [1.82, 2.24) is 9.47 Å². The SMILES string of the molecule is Cc1cc(/C=C/C(=O)N2CCC(C3OCCO3)CC2)c(C)n1C1CCCCC1. The van der Waals surface area contributed by atoms with Gasteiger partial charge in [0.2, 0.25) is 5.91 Å². The van der Waals surface area contributed by atoms with Gasteiger partial charge in [0.05, 0.1) is 13.2 Å². The van der Waals surface area contributed by atoms with Crippen molar-refractivity contribution in [3.8, 4) is 0 Å². The van der Waals surface area contributed by atoms with Gasteiger partial charge in [0.1, 0.15) is 0 Å². The van der Waals surface area contributed by atoms with Gasteiger partial charge in [-0.1, -0.05) is 19.3 Å². The highest BCUT2D eigenvalue weighted by Gasteiger charge is 2.31. The van der Waals surface area contributed by atoms with E-state index in [4.69, 9.17) is 9.47 Å². The summed E-state index contributed by atoms with van der Waals surface area (Å²) >= 11 is 0. The minimum Gasteiger partial charge on any atom is -0.350 e. The van der Waals surface area contributed by atoms with Crippen LogP contribution < -0.4 is 0 Å². The van der Waals surface area contributed by atoms with E-state index in [1.807, 2.05) is 11.0 Å². The number of rotatable bonds is 4. The molecule has 0 spiro atoms. The molecule has 0 aromatic carbocycles. The third-order valence-electron chi connectivity index (χ3n) is 6.75. The van der Waals surface area contributed by atoms with Gasteiger partial charge in [0.25, 0.3) is 0 Å². The standard InChI is InChI=1S/C23H34N2O3/c1-17-16-20(18(2)25(17)21-6-4-3-5-7-21)8-9-22(26)24-12-10-19(11-13-24)23-27-14-15-28-23/h8-9,16,19,21,23H,3-7,10-15H2,1-2H3/b9-8+. The third-order valence-corrected chi connectivity index (χ3v) is 6.75. The van der Waals surface area contributed by atoms with Crippen LogP contribution in [0.15, 0.2) is 12.1 Å². The van der Waals surface area contributed by atoms with Crippen LogP contribution in [0.4, 0.5) is 0 Å². The van der Waals surface area contributed by atoms with Crippen LogP contribution in [0.2, 0.25) is 0 Å². The molecular weight excluding hydrogens is 352 g/mol. The normalized spacial score (nSPS) is 23.1. The van der Waals surface area contributed by atoms with E-state index in [1.165, 1.54) is 49.1 Å². The van der Waals surface area contributed by atoms with Gasteiger partial charge in [-0.15, -0.1) is 0 Å². The van der Waals surface area contributed by atoms with E-state index in [1.54, 1.807) is 6.08 Å². The number of nitrogens with zero attached hydrogens (tertiary/aromatic N) is 2. The monoisotopic (exact) mass is 386 g/mol. The topological polar surface area (TPSA) is 43.7 Å². The summed E-state index contributed by atoms with van der Waals surface area (Å²) in [5.41, 5.74) is 3.79. The molecule has 5 heteroatoms. The molecule has 1 amide bonds. The fraction of sp³-hybridized carbons (Fsp3) is 0.696. The minimum atomic E-state index is -0.0574. The fourth-order valence-electron chi connectivity index (χ4n) is 5.18. The number of hydrogen-bond donors (Lipinski definition) is 0. The molecule has 154 valence electrons. The molecule has 1 aliphatic carbocycles. The number of likely N-dealkylation sites (tertiary alicyclic amines) is 1. The molecule has 3 aliphatic rings. The first kappa shape index (κ1) is 19.7. The Hall–Kier alpha value is -1.59. The second-order valence-corrected chi connectivity index (χ2v) is 8.59. The van der Waals surface area contributed by atoms with Gasteiger partial charge in [-0.2, -0.15) is 0 Å². The van der Waals surface area contributed by atoms with Gasteiger partial charge >= 0.3 is 0 Å². The van der Waals surface area contributed by atoms with Crippen LogP contribution in [0.25, 0.3) is 6.08 Å². The Bertz CT molecular complexity index is 704. The van der Waals surface area contributed by atoms with Crippen molar-refractivity contribution in [2.24, 2.45) is 5.92 Å². The van der Waals surface area contributed by atoms with Crippen LogP contribution in [-0.2, 0) is 14.3 Å². The lowest BCUT2D eigenvalue weighted by Crippen LogP contribution is -2.40. The summed E-state index contributed by atoms with van der Waals surface area (Å²) in [5, 5.41) is 0. The number of hydrogen-bond acceptors (Lipinski definition) is 3. The predicted octanol–water partition coefficient (Wildman–Crippen LogP) is 4.23. The van der Waals surface area contributed by atoms with Gasteiger partial charge in [0, 0.05) is 42.5 Å². The summed E-state index contributed by atoms with van der Waals surface area (Å²) in [6.45, 7) is 7.37. The Labute approximate surface area is 168 Å². The van der Waals surface area contributed by atoms with Gasteiger partial charge < -0.3 is 18.9 Å². The Kier molecular flexibility index (Phi) is 6.22. The smallest absolute Gasteiger partial charge is 0.246 e. The minimum absolute atomic E-state index is 0.0574. The zero-order chi connectivity index (χ0) is 19.5. The quantitative estimate of drug-likeness (QED) is 0.727. The lowest BCUT2D eigenvalue weighted by Gasteiger charge is -2.33. The van der Waals surface area contributed by atoms with Gasteiger partial charge in [-0.3, -0.25) is 4.79 Å². The highest BCUT2D eigenvalue weighted by molar-refractivity contribution is 5.92. The number of amides is 1. The summed E-state index contributed by atoms with van der Waals surface area (Å²) in [6, 6.07) is 2.86. The molecule has 0 atom stereocenters. The second-order valence-electron chi connectivity index (χ2n) is 8.59. The number of carbonyl (C=O) groups is 1. The highest BCUT2D eigenvalue weighted by atomic mass is 16.7. The van der Waals surface area contributed by atoms with E-state index in [0.717, 1.165) is 25.9 Å². The molecule has 3 fully saturated rings. The number of piperidine rings is 1. The Balaban J connectivity index is 1.36. The Morgan fingerprint density at radius 1 is 1.04 bits per heavy atom. The molecule has 1 aromatic heterocycles. The summed E-state index contributed by atoms with van der Waals surface area (Å²) in [7, 11) is 0. The lowest BCUT2D eigenvalue weighted by atomic mass is 9.95. The molecule has 2 aliphatic heterocycles. The molecule has 28 heavy (non-hydrogen) atoms. The van der Waals surface area contributed by atoms with Crippen molar-refractivity contribution in [1.29, 1.82) is 0 Å². The molecule has 0 unspecified atom stereocenters. The third kappa shape index (κ3) is 4.20. The van der Waals surface area contributed by atoms with E-state index in [9.17, 15) is 4.79 Å². The first-order valence-corrected chi connectivity index (χ1v) is 11.0. The van der Waals surface area contributed by atoms with E-state index in [0.29, 0.717) is 25.2 Å². The molecule has 1 saturated carbocycles. The van der Waals surface area contributed by atoms with Crippen molar-refractivity contribution in [2.45, 2.75) is 71.1 Å². The second kappa shape index (κ2) is 8.83. The maximum absolute atomic E-state index is 12.7. The number of aromatic nitrogens is 1. The zero-order valence-corrected chi connectivity index (χ0v) is 17.4. The van der Waals surface area contributed by atoms with Gasteiger partial charge in [-0.05, 0) is 57.2 Å². The number of ether oxygens (including phenoxy) is 2. The maximum atomic E-state index is 12.7. The first-order valence-electron chi connectivity index (χ1n) is 11.0. The molecular formula is C23H34N2O3. The maximum Gasteiger partial charge on any atom is 0.246 e. The number of aryl methyl sites for hydroxylation is 1. The van der Waals surface area contributed by atoms with E-state index >= 15 is 0 Å². The molecule has 2 saturated heterocycles. The van der Waals surface area contributed by atoms with Crippen molar-refractivity contribution < 1.29 is 14.3 Å². The van der Waals surface area contributed by atoms with Gasteiger partial charge in [0.15, 0.2) is 6.29 Å². The Morgan fingerprint density at radius 3 is 2.39 bits per heavy atom. The van der Waals surface area contributed by atoms with Crippen LogP contribution in [0.1, 0.15) is 67.9 Å². The molecule has 5 nitrogen and oxygen atoms in total. The lowest BCUT2D eigenvalue weighted by molar-refractivity contribution is -0.131. The largest absolute Gasteiger partial charge is 0.350 e. The van der Waals surface area contributed by atoms with E-state index < -0.39 is 0 Å². The fourth-order valence-corrected chi connectivity index (χ4v) is 5.18. The summed E-state index contributed by atoms with van der Waals surface area (Å²) in [4.78, 5) is 14.6. The predicted molar refractivity (Wildman–Crippen MR) is 110 cm³/mol. The average Bonchev–Trinajstić information content (AvgIpc) is 3.35. The van der Waals surface area contributed by atoms with E-state index in [-0.39, 0.29) is 12.2 Å². The molecule has 0 bridgehead atoms. The summed E-state index contributed by atoms with van der Waals surface area (Å²) in [6.07, 6.45) is 12.2. The number of carbonyl (C=O) groups excluding carboxylic acids is 1. The average molecular weight is 387 g/mol. The first-order chi connectivity index (χ1) is 13.6. The summed E-state index contributed by atoms with van der Waals surface area (Å²) in [5.74, 6) is 0.541. The van der Waals surface area contributed by atoms with Crippen molar-refractivity contribution in [2.75, 3.05) is 26.3 Å². The molecule has 4 rings (SSSR count). The molecule has 0 N–H and O–H groups in total. The van der Waals surface area contributed by atoms with Gasteiger partial charge in [-0.25, -0.2) is 0 Å². The van der Waals surface area contributed by atoms with Crippen LogP contribution in [0.3, 0.4) is 0 Å².